The van der Waals surface area contributed by atoms with Crippen molar-refractivity contribution in [2.75, 3.05) is 6.54 Å². The first kappa shape index (κ1) is 8.47. The molecule has 0 aliphatic carbocycles. The number of hydrogen-bond donors (Lipinski definition) is 1. The molecule has 0 saturated carbocycles. The summed E-state index contributed by atoms with van der Waals surface area (Å²) in [4.78, 5) is 8.31. The standard InChI is InChI=1S/C8H9ClN4/c9-7-5-11-8-12-6(1-3-10)2-4-13(7)8/h2,4-5H,1,3,10H2. The van der Waals surface area contributed by atoms with E-state index < -0.39 is 0 Å². The predicted molar refractivity (Wildman–Crippen MR) is 50.8 cm³/mol. The largest absolute Gasteiger partial charge is 0.330 e. The van der Waals surface area contributed by atoms with Crippen LogP contribution in [0.25, 0.3) is 5.78 Å². The molecule has 0 unspecified atom stereocenters. The zero-order valence-electron chi connectivity index (χ0n) is 6.94. The number of fused-ring (bicyclic) bond motifs is 1. The first-order chi connectivity index (χ1) is 6.31. The Morgan fingerprint density at radius 1 is 1.54 bits per heavy atom. The van der Waals surface area contributed by atoms with Gasteiger partial charge in [0.25, 0.3) is 0 Å². The summed E-state index contributed by atoms with van der Waals surface area (Å²) in [6, 6.07) is 1.90. The van der Waals surface area contributed by atoms with Crippen LogP contribution in [-0.2, 0) is 6.42 Å². The lowest BCUT2D eigenvalue weighted by molar-refractivity contribution is 0.911. The van der Waals surface area contributed by atoms with Crippen LogP contribution in [0.3, 0.4) is 0 Å². The van der Waals surface area contributed by atoms with Gasteiger partial charge in [0.2, 0.25) is 5.78 Å². The van der Waals surface area contributed by atoms with Crippen molar-refractivity contribution < 1.29 is 0 Å². The van der Waals surface area contributed by atoms with Crippen LogP contribution in [-0.4, -0.2) is 20.9 Å². The fraction of sp³-hybridized carbons (Fsp3) is 0.250. The Kier molecular flexibility index (Phi) is 2.16. The van der Waals surface area contributed by atoms with Crippen molar-refractivity contribution in [3.63, 3.8) is 0 Å². The van der Waals surface area contributed by atoms with Gasteiger partial charge in [-0.2, -0.15) is 0 Å². The van der Waals surface area contributed by atoms with Gasteiger partial charge in [-0.3, -0.25) is 4.40 Å². The SMILES string of the molecule is NCCc1ccn2c(Cl)cnc2n1. The molecule has 68 valence electrons. The highest BCUT2D eigenvalue weighted by atomic mass is 35.5. The van der Waals surface area contributed by atoms with E-state index in [4.69, 9.17) is 17.3 Å². The Hall–Kier alpha value is -1.13. The molecule has 2 N–H and O–H groups in total. The van der Waals surface area contributed by atoms with Crippen LogP contribution in [0.1, 0.15) is 5.69 Å². The summed E-state index contributed by atoms with van der Waals surface area (Å²) >= 11 is 5.84. The van der Waals surface area contributed by atoms with Gasteiger partial charge in [-0.05, 0) is 12.6 Å². The smallest absolute Gasteiger partial charge is 0.235 e. The molecular weight excluding hydrogens is 188 g/mol. The fourth-order valence-corrected chi connectivity index (χ4v) is 1.35. The zero-order chi connectivity index (χ0) is 9.26. The van der Waals surface area contributed by atoms with Gasteiger partial charge in [0.1, 0.15) is 5.15 Å². The van der Waals surface area contributed by atoms with Crippen LogP contribution < -0.4 is 5.73 Å². The van der Waals surface area contributed by atoms with Gasteiger partial charge in [-0.15, -0.1) is 0 Å². The molecule has 0 aromatic carbocycles. The van der Waals surface area contributed by atoms with Crippen LogP contribution in [0.5, 0.6) is 0 Å². The molecule has 0 bridgehead atoms. The van der Waals surface area contributed by atoms with E-state index in [0.717, 1.165) is 12.1 Å². The maximum atomic E-state index is 5.84. The Labute approximate surface area is 80.4 Å². The number of hydrogen-bond acceptors (Lipinski definition) is 3. The van der Waals surface area contributed by atoms with Gasteiger partial charge in [-0.25, -0.2) is 9.97 Å². The van der Waals surface area contributed by atoms with Crippen LogP contribution >= 0.6 is 11.6 Å². The molecule has 13 heavy (non-hydrogen) atoms. The fourth-order valence-electron chi connectivity index (χ4n) is 1.16. The monoisotopic (exact) mass is 196 g/mol. The minimum atomic E-state index is 0.571. The van der Waals surface area contributed by atoms with E-state index in [9.17, 15) is 0 Å². The van der Waals surface area contributed by atoms with E-state index in [2.05, 4.69) is 9.97 Å². The van der Waals surface area contributed by atoms with Gasteiger partial charge >= 0.3 is 0 Å². The second kappa shape index (κ2) is 3.32. The van der Waals surface area contributed by atoms with Crippen molar-refractivity contribution in [3.8, 4) is 0 Å². The van der Waals surface area contributed by atoms with Crippen LogP contribution in [0.15, 0.2) is 18.5 Å². The molecule has 0 fully saturated rings. The third kappa shape index (κ3) is 1.50. The summed E-state index contributed by atoms with van der Waals surface area (Å²) in [5.41, 5.74) is 6.36. The number of halogens is 1. The number of rotatable bonds is 2. The Morgan fingerprint density at radius 3 is 3.15 bits per heavy atom. The average molecular weight is 197 g/mol. The molecule has 0 aliphatic heterocycles. The van der Waals surface area contributed by atoms with E-state index in [1.807, 2.05) is 12.3 Å². The number of nitrogens with zero attached hydrogens (tertiary/aromatic N) is 3. The lowest BCUT2D eigenvalue weighted by Gasteiger charge is -1.98. The number of aromatic nitrogens is 3. The molecule has 0 amide bonds. The summed E-state index contributed by atoms with van der Waals surface area (Å²) in [5, 5.41) is 0.571. The minimum Gasteiger partial charge on any atom is -0.330 e. The van der Waals surface area contributed by atoms with Crippen LogP contribution in [0.4, 0.5) is 0 Å². The van der Waals surface area contributed by atoms with Crippen molar-refractivity contribution >= 4 is 17.4 Å². The van der Waals surface area contributed by atoms with Crippen LogP contribution in [0, 0.1) is 0 Å². The summed E-state index contributed by atoms with van der Waals surface area (Å²) in [7, 11) is 0. The summed E-state index contributed by atoms with van der Waals surface area (Å²) < 4.78 is 1.72. The van der Waals surface area contributed by atoms with Crippen molar-refractivity contribution in [2.45, 2.75) is 6.42 Å². The van der Waals surface area contributed by atoms with Crippen molar-refractivity contribution in [2.24, 2.45) is 5.73 Å². The Morgan fingerprint density at radius 2 is 2.38 bits per heavy atom. The van der Waals surface area contributed by atoms with Crippen molar-refractivity contribution in [3.05, 3.63) is 29.3 Å². The van der Waals surface area contributed by atoms with E-state index in [1.54, 1.807) is 10.6 Å². The molecule has 2 aromatic rings. The maximum absolute atomic E-state index is 5.84. The molecule has 4 nitrogen and oxygen atoms in total. The van der Waals surface area contributed by atoms with E-state index >= 15 is 0 Å². The van der Waals surface area contributed by atoms with E-state index in [-0.39, 0.29) is 0 Å². The molecule has 0 saturated heterocycles. The van der Waals surface area contributed by atoms with Crippen molar-refractivity contribution in [1.82, 2.24) is 14.4 Å². The van der Waals surface area contributed by atoms with Crippen molar-refractivity contribution in [1.29, 1.82) is 0 Å². The lowest BCUT2D eigenvalue weighted by Crippen LogP contribution is -2.05. The predicted octanol–water partition coefficient (Wildman–Crippen LogP) is 0.884. The highest BCUT2D eigenvalue weighted by molar-refractivity contribution is 6.29. The summed E-state index contributed by atoms with van der Waals surface area (Å²) in [5.74, 6) is 0.621. The van der Waals surface area contributed by atoms with Gasteiger partial charge in [0, 0.05) is 18.3 Å². The molecule has 2 heterocycles. The highest BCUT2D eigenvalue weighted by Crippen LogP contribution is 2.10. The minimum absolute atomic E-state index is 0.571. The van der Waals surface area contributed by atoms with E-state index in [0.29, 0.717) is 17.5 Å². The number of imidazole rings is 1. The quantitative estimate of drug-likeness (QED) is 0.776. The first-order valence-corrected chi connectivity index (χ1v) is 4.37. The summed E-state index contributed by atoms with van der Waals surface area (Å²) in [6.07, 6.45) is 4.19. The molecule has 0 radical (unpaired) electrons. The van der Waals surface area contributed by atoms with Gasteiger partial charge < -0.3 is 5.73 Å². The van der Waals surface area contributed by atoms with Gasteiger partial charge in [0.15, 0.2) is 0 Å². The van der Waals surface area contributed by atoms with E-state index in [1.165, 1.54) is 0 Å². The third-order valence-corrected chi connectivity index (χ3v) is 2.07. The maximum Gasteiger partial charge on any atom is 0.235 e. The first-order valence-electron chi connectivity index (χ1n) is 4.00. The topological polar surface area (TPSA) is 56.2 Å². The molecule has 0 aliphatic rings. The summed E-state index contributed by atoms with van der Waals surface area (Å²) in [6.45, 7) is 0.595. The second-order valence-electron chi connectivity index (χ2n) is 2.71. The molecule has 2 rings (SSSR count). The molecule has 0 atom stereocenters. The molecule has 0 spiro atoms. The zero-order valence-corrected chi connectivity index (χ0v) is 7.70. The second-order valence-corrected chi connectivity index (χ2v) is 3.10. The third-order valence-electron chi connectivity index (χ3n) is 1.79. The Bertz CT molecular complexity index is 423. The number of nitrogens with two attached hydrogens (primary N) is 1. The molecular formula is C8H9ClN4. The average Bonchev–Trinajstić information content (AvgIpc) is 2.48. The lowest BCUT2D eigenvalue weighted by atomic mass is 10.3. The van der Waals surface area contributed by atoms with Gasteiger partial charge in [0.05, 0.1) is 6.20 Å². The van der Waals surface area contributed by atoms with Crippen LogP contribution in [0.2, 0.25) is 5.15 Å². The Balaban J connectivity index is 2.50. The highest BCUT2D eigenvalue weighted by Gasteiger charge is 2.01. The normalized spacial score (nSPS) is 10.9. The molecule has 2 aromatic heterocycles. The van der Waals surface area contributed by atoms with Gasteiger partial charge in [-0.1, -0.05) is 11.6 Å². The molecule has 5 heteroatoms.